The van der Waals surface area contributed by atoms with Crippen molar-refractivity contribution in [3.8, 4) is 0 Å². The number of hydrogen-bond donors (Lipinski definition) is 2. The fourth-order valence-corrected chi connectivity index (χ4v) is 2.58. The van der Waals surface area contributed by atoms with Crippen molar-refractivity contribution in [2.24, 2.45) is 4.99 Å². The first-order valence-corrected chi connectivity index (χ1v) is 8.46. The van der Waals surface area contributed by atoms with Gasteiger partial charge >= 0.3 is 0 Å². The first kappa shape index (κ1) is 21.9. The summed E-state index contributed by atoms with van der Waals surface area (Å²) in [5.41, 5.74) is 0.839. The molecule has 2 N–H and O–H groups in total. The molecule has 0 radical (unpaired) electrons. The first-order valence-electron chi connectivity index (χ1n) is 7.67. The van der Waals surface area contributed by atoms with Crippen LogP contribution in [-0.4, -0.2) is 26.2 Å². The Kier molecular flexibility index (Phi) is 10.7. The molecule has 1 aromatic heterocycles. The molecule has 0 amide bonds. The van der Waals surface area contributed by atoms with Gasteiger partial charge in [-0.25, -0.2) is 4.39 Å². The summed E-state index contributed by atoms with van der Waals surface area (Å²) in [6, 6.07) is 8.51. The van der Waals surface area contributed by atoms with Crippen molar-refractivity contribution < 1.29 is 13.5 Å². The summed E-state index contributed by atoms with van der Waals surface area (Å²) in [6.07, 6.45) is 2.47. The van der Waals surface area contributed by atoms with Crippen LogP contribution in [0.4, 0.5) is 4.39 Å². The third-order valence-corrected chi connectivity index (χ3v) is 3.65. The third-order valence-electron chi connectivity index (χ3n) is 3.19. The van der Waals surface area contributed by atoms with Gasteiger partial charge in [-0.1, -0.05) is 15.9 Å². The molecule has 138 valence electrons. The molecule has 0 bridgehead atoms. The molecule has 0 atom stereocenters. The standard InChI is InChI=1S/C17H21BrFN3O2.HI/c1-20-17(22-11-13-8-14(18)10-15(19)9-13)21-5-3-6-23-12-16-4-2-7-24-16;/h2,4,7-10H,3,5-6,11-12H2,1H3,(H2,20,21,22);1H. The Morgan fingerprint density at radius 3 is 2.84 bits per heavy atom. The van der Waals surface area contributed by atoms with Crippen LogP contribution >= 0.6 is 39.9 Å². The van der Waals surface area contributed by atoms with E-state index in [4.69, 9.17) is 9.15 Å². The Morgan fingerprint density at radius 1 is 1.32 bits per heavy atom. The van der Waals surface area contributed by atoms with Gasteiger partial charge in [-0.2, -0.15) is 0 Å². The second-order valence-corrected chi connectivity index (χ2v) is 6.03. The van der Waals surface area contributed by atoms with E-state index in [0.717, 1.165) is 28.8 Å². The summed E-state index contributed by atoms with van der Waals surface area (Å²) >= 11 is 3.28. The fourth-order valence-electron chi connectivity index (χ4n) is 2.07. The zero-order valence-corrected chi connectivity index (χ0v) is 17.8. The minimum Gasteiger partial charge on any atom is -0.467 e. The van der Waals surface area contributed by atoms with Gasteiger partial charge in [-0.15, -0.1) is 24.0 Å². The van der Waals surface area contributed by atoms with Crippen LogP contribution in [0.15, 0.2) is 50.5 Å². The van der Waals surface area contributed by atoms with Crippen molar-refractivity contribution in [2.45, 2.75) is 19.6 Å². The molecule has 2 rings (SSSR count). The average Bonchev–Trinajstić information content (AvgIpc) is 3.06. The Morgan fingerprint density at radius 2 is 2.16 bits per heavy atom. The normalized spacial score (nSPS) is 11.1. The van der Waals surface area contributed by atoms with Gasteiger partial charge in [0.2, 0.25) is 0 Å². The zero-order valence-electron chi connectivity index (χ0n) is 13.9. The topological polar surface area (TPSA) is 58.8 Å². The van der Waals surface area contributed by atoms with Gasteiger partial charge in [0.1, 0.15) is 18.2 Å². The lowest BCUT2D eigenvalue weighted by atomic mass is 10.2. The van der Waals surface area contributed by atoms with E-state index < -0.39 is 0 Å². The predicted octanol–water partition coefficient (Wildman–Crippen LogP) is 4.07. The minimum atomic E-state index is -0.266. The van der Waals surface area contributed by atoms with Crippen molar-refractivity contribution in [1.82, 2.24) is 10.6 Å². The van der Waals surface area contributed by atoms with Gasteiger partial charge in [0.25, 0.3) is 0 Å². The molecule has 8 heteroatoms. The Labute approximate surface area is 172 Å². The zero-order chi connectivity index (χ0) is 17.2. The summed E-state index contributed by atoms with van der Waals surface area (Å²) < 4.78 is 24.7. The second kappa shape index (κ2) is 12.3. The Hall–Kier alpha value is -1.13. The highest BCUT2D eigenvalue weighted by molar-refractivity contribution is 14.0. The number of halogens is 3. The number of rotatable bonds is 8. The Balaban J connectivity index is 0.00000312. The second-order valence-electron chi connectivity index (χ2n) is 5.12. The summed E-state index contributed by atoms with van der Waals surface area (Å²) in [7, 11) is 1.70. The van der Waals surface area contributed by atoms with Crippen LogP contribution in [0.25, 0.3) is 0 Å². The predicted molar refractivity (Wildman–Crippen MR) is 111 cm³/mol. The summed E-state index contributed by atoms with van der Waals surface area (Å²) in [5.74, 6) is 1.22. The molecule has 0 unspecified atom stereocenters. The third kappa shape index (κ3) is 8.68. The van der Waals surface area contributed by atoms with Crippen LogP contribution in [0.3, 0.4) is 0 Å². The van der Waals surface area contributed by atoms with Crippen LogP contribution in [0, 0.1) is 5.82 Å². The number of benzene rings is 1. The summed E-state index contributed by atoms with van der Waals surface area (Å²) in [6.45, 7) is 2.33. The van der Waals surface area contributed by atoms with Crippen molar-refractivity contribution >= 4 is 45.9 Å². The lowest BCUT2D eigenvalue weighted by Gasteiger charge is -2.12. The number of furan rings is 1. The van der Waals surface area contributed by atoms with E-state index in [-0.39, 0.29) is 29.8 Å². The highest BCUT2D eigenvalue weighted by Gasteiger charge is 2.02. The van der Waals surface area contributed by atoms with E-state index in [1.807, 2.05) is 18.2 Å². The number of aliphatic imine (C=N–C) groups is 1. The van der Waals surface area contributed by atoms with E-state index in [1.54, 1.807) is 13.3 Å². The number of guanidine groups is 1. The van der Waals surface area contributed by atoms with Crippen LogP contribution < -0.4 is 10.6 Å². The molecule has 0 spiro atoms. The highest BCUT2D eigenvalue weighted by Crippen LogP contribution is 2.14. The van der Waals surface area contributed by atoms with E-state index in [1.165, 1.54) is 12.1 Å². The maximum Gasteiger partial charge on any atom is 0.191 e. The van der Waals surface area contributed by atoms with E-state index >= 15 is 0 Å². The first-order chi connectivity index (χ1) is 11.7. The molecule has 25 heavy (non-hydrogen) atoms. The van der Waals surface area contributed by atoms with Crippen molar-refractivity contribution in [3.63, 3.8) is 0 Å². The van der Waals surface area contributed by atoms with Gasteiger partial charge in [-0.05, 0) is 42.3 Å². The molecule has 0 saturated carbocycles. The molecule has 0 saturated heterocycles. The lowest BCUT2D eigenvalue weighted by Crippen LogP contribution is -2.37. The summed E-state index contributed by atoms with van der Waals surface area (Å²) in [5, 5.41) is 6.34. The van der Waals surface area contributed by atoms with Crippen LogP contribution in [0.2, 0.25) is 0 Å². The summed E-state index contributed by atoms with van der Waals surface area (Å²) in [4.78, 5) is 4.14. The molecule has 1 aromatic carbocycles. The maximum absolute atomic E-state index is 13.3. The molecule has 0 fully saturated rings. The Bertz CT molecular complexity index is 633. The van der Waals surface area contributed by atoms with Gasteiger partial charge in [0, 0.05) is 31.2 Å². The number of nitrogens with zero attached hydrogens (tertiary/aromatic N) is 1. The quantitative estimate of drug-likeness (QED) is 0.236. The van der Waals surface area contributed by atoms with Crippen molar-refractivity contribution in [1.29, 1.82) is 0 Å². The number of hydrogen-bond acceptors (Lipinski definition) is 3. The SMILES string of the molecule is CN=C(NCCCOCc1ccco1)NCc1cc(F)cc(Br)c1.I. The molecule has 0 aliphatic heterocycles. The lowest BCUT2D eigenvalue weighted by molar-refractivity contribution is 0.105. The molecular weight excluding hydrogens is 504 g/mol. The molecular formula is C17H22BrFIN3O2. The smallest absolute Gasteiger partial charge is 0.191 e. The van der Waals surface area contributed by atoms with Crippen LogP contribution in [0.5, 0.6) is 0 Å². The molecule has 0 aliphatic rings. The van der Waals surface area contributed by atoms with Gasteiger partial charge < -0.3 is 19.8 Å². The van der Waals surface area contributed by atoms with Crippen LogP contribution in [-0.2, 0) is 17.9 Å². The molecule has 0 aliphatic carbocycles. The minimum absolute atomic E-state index is 0. The van der Waals surface area contributed by atoms with Crippen LogP contribution in [0.1, 0.15) is 17.7 Å². The van der Waals surface area contributed by atoms with Crippen molar-refractivity contribution in [3.05, 3.63) is 58.2 Å². The van der Waals surface area contributed by atoms with Gasteiger partial charge in [-0.3, -0.25) is 4.99 Å². The van der Waals surface area contributed by atoms with E-state index in [9.17, 15) is 4.39 Å². The average molecular weight is 526 g/mol. The van der Waals surface area contributed by atoms with Gasteiger partial charge in [0.15, 0.2) is 5.96 Å². The molecule has 2 aromatic rings. The molecule has 5 nitrogen and oxygen atoms in total. The van der Waals surface area contributed by atoms with E-state index in [0.29, 0.717) is 25.7 Å². The monoisotopic (exact) mass is 525 g/mol. The largest absolute Gasteiger partial charge is 0.467 e. The highest BCUT2D eigenvalue weighted by atomic mass is 127. The van der Waals surface area contributed by atoms with Gasteiger partial charge in [0.05, 0.1) is 6.26 Å². The molecule has 1 heterocycles. The fraction of sp³-hybridized carbons (Fsp3) is 0.353. The number of ether oxygens (including phenoxy) is 1. The maximum atomic E-state index is 13.3. The van der Waals surface area contributed by atoms with Crippen molar-refractivity contribution in [2.75, 3.05) is 20.2 Å². The van der Waals surface area contributed by atoms with E-state index in [2.05, 4.69) is 31.6 Å². The number of nitrogens with one attached hydrogen (secondary N) is 2.